The summed E-state index contributed by atoms with van der Waals surface area (Å²) in [5.41, 5.74) is 4.81. The van der Waals surface area contributed by atoms with E-state index in [1.54, 1.807) is 19.1 Å². The number of amides is 1. The SMILES string of the molecule is Cc1cc(-c2cccc(C(F)(F)F)c2)c(C#C[Si](C)(C)C)nc1C(=O)N1CCC(N2CCCC2)CC1. The lowest BCUT2D eigenvalue weighted by atomic mass is 9.98. The topological polar surface area (TPSA) is 36.4 Å². The Balaban J connectivity index is 1.66. The average molecular weight is 514 g/mol. The van der Waals surface area contributed by atoms with E-state index in [2.05, 4.69) is 41.0 Å². The summed E-state index contributed by atoms with van der Waals surface area (Å²) in [4.78, 5) is 22.6. The molecule has 0 bridgehead atoms. The first-order chi connectivity index (χ1) is 16.9. The molecule has 2 aliphatic rings. The smallest absolute Gasteiger partial charge is 0.337 e. The molecule has 8 heteroatoms. The van der Waals surface area contributed by atoms with Gasteiger partial charge in [0.05, 0.1) is 5.56 Å². The zero-order valence-electron chi connectivity index (χ0n) is 21.5. The standard InChI is InChI=1S/C28H34F3N3OSi/c1-20-18-24(21-8-7-9-22(19-21)28(29,30)31)25(12-17-36(2,3)4)32-26(20)27(35)34-15-10-23(11-16-34)33-13-5-6-14-33/h7-9,18-19,23H,5-6,10-11,13-16H2,1-4H3. The number of halogens is 3. The number of nitrogens with zero attached hydrogens (tertiary/aromatic N) is 3. The van der Waals surface area contributed by atoms with Gasteiger partial charge in [-0.1, -0.05) is 37.7 Å². The predicted molar refractivity (Wildman–Crippen MR) is 139 cm³/mol. The predicted octanol–water partition coefficient (Wildman–Crippen LogP) is 6.01. The fourth-order valence-corrected chi connectivity index (χ4v) is 5.44. The number of rotatable bonds is 3. The van der Waals surface area contributed by atoms with E-state index < -0.39 is 19.8 Å². The van der Waals surface area contributed by atoms with Gasteiger partial charge in [0.1, 0.15) is 19.5 Å². The molecule has 2 fully saturated rings. The third-order valence-electron chi connectivity index (χ3n) is 6.88. The molecule has 4 nitrogen and oxygen atoms in total. The number of likely N-dealkylation sites (tertiary alicyclic amines) is 2. The van der Waals surface area contributed by atoms with Crippen molar-refractivity contribution in [2.75, 3.05) is 26.2 Å². The van der Waals surface area contributed by atoms with Crippen LogP contribution < -0.4 is 0 Å². The van der Waals surface area contributed by atoms with Gasteiger partial charge in [-0.05, 0) is 75.0 Å². The summed E-state index contributed by atoms with van der Waals surface area (Å²) in [6, 6.07) is 7.51. The van der Waals surface area contributed by atoms with Gasteiger partial charge in [0.25, 0.3) is 5.91 Å². The Morgan fingerprint density at radius 2 is 1.72 bits per heavy atom. The monoisotopic (exact) mass is 513 g/mol. The van der Waals surface area contributed by atoms with Crippen LogP contribution in [0.25, 0.3) is 11.1 Å². The molecule has 0 N–H and O–H groups in total. The quantitative estimate of drug-likeness (QED) is 0.373. The summed E-state index contributed by atoms with van der Waals surface area (Å²) in [5, 5.41) is 0. The number of pyridine rings is 1. The van der Waals surface area contributed by atoms with Gasteiger partial charge in [-0.2, -0.15) is 13.2 Å². The molecule has 0 unspecified atom stereocenters. The van der Waals surface area contributed by atoms with E-state index in [1.165, 1.54) is 18.9 Å². The highest BCUT2D eigenvalue weighted by Gasteiger charge is 2.32. The van der Waals surface area contributed by atoms with E-state index in [9.17, 15) is 18.0 Å². The lowest BCUT2D eigenvalue weighted by Gasteiger charge is -2.36. The maximum atomic E-state index is 13.5. The molecule has 192 valence electrons. The van der Waals surface area contributed by atoms with Crippen molar-refractivity contribution in [3.8, 4) is 22.6 Å². The third kappa shape index (κ3) is 6.19. The normalized spacial score (nSPS) is 17.7. The summed E-state index contributed by atoms with van der Waals surface area (Å²) in [7, 11) is -1.80. The minimum absolute atomic E-state index is 0.126. The fourth-order valence-electron chi connectivity index (χ4n) is 4.95. The zero-order chi connectivity index (χ0) is 26.1. The number of piperidine rings is 1. The number of hydrogen-bond donors (Lipinski definition) is 0. The van der Waals surface area contributed by atoms with Gasteiger partial charge >= 0.3 is 6.18 Å². The molecule has 2 aliphatic heterocycles. The zero-order valence-corrected chi connectivity index (χ0v) is 22.5. The Bertz CT molecular complexity index is 1180. The summed E-state index contributed by atoms with van der Waals surface area (Å²) < 4.78 is 40.1. The molecule has 2 aromatic rings. The molecule has 1 aromatic carbocycles. The minimum Gasteiger partial charge on any atom is -0.337 e. The van der Waals surface area contributed by atoms with Crippen LogP contribution in [0.2, 0.25) is 19.6 Å². The Labute approximate surface area is 212 Å². The van der Waals surface area contributed by atoms with Crippen LogP contribution in [0.4, 0.5) is 13.2 Å². The van der Waals surface area contributed by atoms with Crippen LogP contribution in [-0.4, -0.2) is 61.0 Å². The largest absolute Gasteiger partial charge is 0.416 e. The molecule has 1 amide bonds. The van der Waals surface area contributed by atoms with Crippen LogP contribution in [0.5, 0.6) is 0 Å². The van der Waals surface area contributed by atoms with Gasteiger partial charge in [-0.15, -0.1) is 5.54 Å². The summed E-state index contributed by atoms with van der Waals surface area (Å²) in [6.45, 7) is 11.7. The van der Waals surface area contributed by atoms with Gasteiger partial charge in [-0.3, -0.25) is 4.79 Å². The molecule has 0 spiro atoms. The van der Waals surface area contributed by atoms with Crippen molar-refractivity contribution < 1.29 is 18.0 Å². The third-order valence-corrected chi connectivity index (χ3v) is 7.76. The molecule has 1 aromatic heterocycles. The fraction of sp³-hybridized carbons (Fsp3) is 0.500. The number of carbonyl (C=O) groups excluding carboxylic acids is 1. The molecule has 0 saturated carbocycles. The second kappa shape index (κ2) is 10.4. The maximum absolute atomic E-state index is 13.5. The van der Waals surface area contributed by atoms with Crippen molar-refractivity contribution in [3.05, 3.63) is 52.8 Å². The van der Waals surface area contributed by atoms with Crippen LogP contribution >= 0.6 is 0 Å². The van der Waals surface area contributed by atoms with Crippen LogP contribution in [0.15, 0.2) is 30.3 Å². The van der Waals surface area contributed by atoms with E-state index in [0.29, 0.717) is 47.2 Å². The molecule has 36 heavy (non-hydrogen) atoms. The lowest BCUT2D eigenvalue weighted by molar-refractivity contribution is -0.137. The Hall–Kier alpha value is -2.63. The van der Waals surface area contributed by atoms with Gasteiger partial charge in [0.15, 0.2) is 0 Å². The van der Waals surface area contributed by atoms with E-state index in [4.69, 9.17) is 0 Å². The van der Waals surface area contributed by atoms with E-state index in [-0.39, 0.29) is 5.91 Å². The van der Waals surface area contributed by atoms with Gasteiger partial charge in [0.2, 0.25) is 0 Å². The van der Waals surface area contributed by atoms with Crippen molar-refractivity contribution >= 4 is 14.0 Å². The molecule has 0 radical (unpaired) electrons. The average Bonchev–Trinajstić information content (AvgIpc) is 3.37. The van der Waals surface area contributed by atoms with E-state index >= 15 is 0 Å². The lowest BCUT2D eigenvalue weighted by Crippen LogP contribution is -2.46. The van der Waals surface area contributed by atoms with E-state index in [1.807, 2.05) is 4.90 Å². The Morgan fingerprint density at radius 1 is 1.06 bits per heavy atom. The first kappa shape index (κ1) is 26.4. The number of alkyl halides is 3. The summed E-state index contributed by atoms with van der Waals surface area (Å²) >= 11 is 0. The van der Waals surface area contributed by atoms with E-state index in [0.717, 1.165) is 38.1 Å². The minimum atomic E-state index is -4.44. The number of hydrogen-bond acceptors (Lipinski definition) is 3. The van der Waals surface area contributed by atoms with Crippen molar-refractivity contribution in [2.45, 2.75) is 64.5 Å². The van der Waals surface area contributed by atoms with Crippen molar-refractivity contribution in [3.63, 3.8) is 0 Å². The highest BCUT2D eigenvalue weighted by molar-refractivity contribution is 6.83. The highest BCUT2D eigenvalue weighted by atomic mass is 28.3. The van der Waals surface area contributed by atoms with Crippen molar-refractivity contribution in [1.82, 2.24) is 14.8 Å². The number of benzene rings is 1. The van der Waals surface area contributed by atoms with Crippen molar-refractivity contribution in [1.29, 1.82) is 0 Å². The highest BCUT2D eigenvalue weighted by Crippen LogP contribution is 2.33. The molecule has 0 atom stereocenters. The molecule has 2 saturated heterocycles. The Kier molecular flexibility index (Phi) is 7.63. The van der Waals surface area contributed by atoms with Gasteiger partial charge < -0.3 is 9.80 Å². The number of aryl methyl sites for hydroxylation is 1. The van der Waals surface area contributed by atoms with Crippen LogP contribution in [0, 0.1) is 18.4 Å². The van der Waals surface area contributed by atoms with Crippen molar-refractivity contribution in [2.24, 2.45) is 0 Å². The van der Waals surface area contributed by atoms with Gasteiger partial charge in [0, 0.05) is 24.7 Å². The number of carbonyl (C=O) groups is 1. The first-order valence-corrected chi connectivity index (χ1v) is 16.2. The summed E-state index contributed by atoms with van der Waals surface area (Å²) in [6.07, 6.45) is -0.0338. The van der Waals surface area contributed by atoms with Crippen LogP contribution in [0.3, 0.4) is 0 Å². The maximum Gasteiger partial charge on any atom is 0.416 e. The second-order valence-electron chi connectivity index (χ2n) is 10.9. The molecule has 0 aliphatic carbocycles. The Morgan fingerprint density at radius 3 is 2.33 bits per heavy atom. The van der Waals surface area contributed by atoms with Gasteiger partial charge in [-0.25, -0.2) is 4.98 Å². The molecular weight excluding hydrogens is 479 g/mol. The second-order valence-corrected chi connectivity index (χ2v) is 15.6. The first-order valence-electron chi connectivity index (χ1n) is 12.7. The summed E-state index contributed by atoms with van der Waals surface area (Å²) in [5.74, 6) is 3.00. The van der Waals surface area contributed by atoms with Crippen LogP contribution in [0.1, 0.15) is 53.0 Å². The number of aromatic nitrogens is 1. The molecule has 4 rings (SSSR count). The van der Waals surface area contributed by atoms with Crippen LogP contribution in [-0.2, 0) is 6.18 Å². The molecular formula is C28H34F3N3OSi. The molecule has 3 heterocycles.